The molecule has 0 amide bonds. The van der Waals surface area contributed by atoms with Gasteiger partial charge in [-0.05, 0) is 36.4 Å². The zero-order valence-electron chi connectivity index (χ0n) is 10.3. The van der Waals surface area contributed by atoms with E-state index in [2.05, 4.69) is 9.97 Å². The quantitative estimate of drug-likeness (QED) is 0.639. The van der Waals surface area contributed by atoms with Crippen LogP contribution in [0.3, 0.4) is 0 Å². The van der Waals surface area contributed by atoms with Crippen LogP contribution in [0.2, 0.25) is 15.1 Å². The highest BCUT2D eigenvalue weighted by Gasteiger charge is 2.24. The smallest absolute Gasteiger partial charge is 0.0670 e. The number of hydrogen-bond acceptors (Lipinski definition) is 0. The Morgan fingerprint density at radius 3 is 1.70 bits per heavy atom. The molecule has 2 N–H and O–H groups in total. The predicted octanol–water partition coefficient (Wildman–Crippen LogP) is 5.48. The second-order valence-electron chi connectivity index (χ2n) is 4.47. The third kappa shape index (κ3) is 2.47. The molecule has 2 heterocycles. The van der Waals surface area contributed by atoms with Crippen molar-refractivity contribution in [3.8, 4) is 0 Å². The molecular formula is C15H11Cl3N2. The third-order valence-corrected chi connectivity index (χ3v) is 4.04. The summed E-state index contributed by atoms with van der Waals surface area (Å²) in [5.74, 6) is -0.0859. The maximum atomic E-state index is 6.37. The highest BCUT2D eigenvalue weighted by molar-refractivity contribution is 6.39. The summed E-state index contributed by atoms with van der Waals surface area (Å²) in [7, 11) is 0. The van der Waals surface area contributed by atoms with Gasteiger partial charge in [0.05, 0.1) is 5.92 Å². The van der Waals surface area contributed by atoms with Gasteiger partial charge in [0.1, 0.15) is 0 Å². The maximum absolute atomic E-state index is 6.37. The SMILES string of the molecule is Clc1cc(Cl)c(C(c2ccc[nH]2)c2ccc[nH]2)c(Cl)c1. The fourth-order valence-electron chi connectivity index (χ4n) is 2.36. The minimum absolute atomic E-state index is 0.0859. The van der Waals surface area contributed by atoms with Crippen LogP contribution in [0.15, 0.2) is 48.8 Å². The number of aromatic amines is 2. The van der Waals surface area contributed by atoms with E-state index in [0.717, 1.165) is 17.0 Å². The zero-order valence-corrected chi connectivity index (χ0v) is 12.6. The van der Waals surface area contributed by atoms with Crippen molar-refractivity contribution in [3.05, 3.63) is 80.8 Å². The molecule has 0 fully saturated rings. The first-order chi connectivity index (χ1) is 9.66. The lowest BCUT2D eigenvalue weighted by atomic mass is 9.92. The molecule has 0 bridgehead atoms. The van der Waals surface area contributed by atoms with E-state index in [0.29, 0.717) is 15.1 Å². The van der Waals surface area contributed by atoms with Crippen molar-refractivity contribution in [2.45, 2.75) is 5.92 Å². The van der Waals surface area contributed by atoms with Crippen LogP contribution in [0.4, 0.5) is 0 Å². The van der Waals surface area contributed by atoms with Crippen LogP contribution in [0.5, 0.6) is 0 Å². The van der Waals surface area contributed by atoms with E-state index in [9.17, 15) is 0 Å². The second kappa shape index (κ2) is 5.57. The molecule has 102 valence electrons. The standard InChI is InChI=1S/C15H11Cl3N2/c16-9-7-10(17)14(11(18)8-9)15(12-3-1-5-19-12)13-4-2-6-20-13/h1-8,15,19-20H. The molecule has 3 rings (SSSR count). The minimum atomic E-state index is -0.0859. The summed E-state index contributed by atoms with van der Waals surface area (Å²) in [6, 6.07) is 11.3. The van der Waals surface area contributed by atoms with Crippen LogP contribution >= 0.6 is 34.8 Å². The van der Waals surface area contributed by atoms with Crippen LogP contribution < -0.4 is 0 Å². The van der Waals surface area contributed by atoms with Crippen molar-refractivity contribution < 1.29 is 0 Å². The first kappa shape index (κ1) is 13.6. The molecule has 20 heavy (non-hydrogen) atoms. The molecule has 0 unspecified atom stereocenters. The summed E-state index contributed by atoms with van der Waals surface area (Å²) in [4.78, 5) is 6.45. The van der Waals surface area contributed by atoms with Crippen LogP contribution in [-0.4, -0.2) is 9.97 Å². The molecule has 0 aliphatic rings. The van der Waals surface area contributed by atoms with Gasteiger partial charge in [-0.3, -0.25) is 0 Å². The molecule has 0 radical (unpaired) electrons. The van der Waals surface area contributed by atoms with Crippen molar-refractivity contribution in [1.82, 2.24) is 9.97 Å². The van der Waals surface area contributed by atoms with E-state index in [4.69, 9.17) is 34.8 Å². The summed E-state index contributed by atoms with van der Waals surface area (Å²) in [6.45, 7) is 0. The number of nitrogens with one attached hydrogen (secondary N) is 2. The summed E-state index contributed by atoms with van der Waals surface area (Å²) >= 11 is 18.7. The molecule has 2 aromatic heterocycles. The molecule has 0 saturated heterocycles. The van der Waals surface area contributed by atoms with E-state index < -0.39 is 0 Å². The summed E-state index contributed by atoms with van der Waals surface area (Å²) in [5, 5.41) is 1.63. The fraction of sp³-hybridized carbons (Fsp3) is 0.0667. The number of benzene rings is 1. The summed E-state index contributed by atoms with van der Waals surface area (Å²) in [6.07, 6.45) is 3.76. The number of aromatic nitrogens is 2. The van der Waals surface area contributed by atoms with Gasteiger partial charge in [-0.25, -0.2) is 0 Å². The Balaban J connectivity index is 2.21. The molecule has 0 saturated carbocycles. The van der Waals surface area contributed by atoms with E-state index >= 15 is 0 Å². The van der Waals surface area contributed by atoms with Gasteiger partial charge in [0, 0.05) is 44.4 Å². The summed E-state index contributed by atoms with van der Waals surface area (Å²) < 4.78 is 0. The maximum Gasteiger partial charge on any atom is 0.0670 e. The number of H-pyrrole nitrogens is 2. The van der Waals surface area contributed by atoms with Crippen molar-refractivity contribution >= 4 is 34.8 Å². The first-order valence-corrected chi connectivity index (χ1v) is 7.21. The predicted molar refractivity (Wildman–Crippen MR) is 84.0 cm³/mol. The van der Waals surface area contributed by atoms with Crippen LogP contribution in [0, 0.1) is 0 Å². The Bertz CT molecular complexity index is 646. The van der Waals surface area contributed by atoms with Gasteiger partial charge in [-0.2, -0.15) is 0 Å². The number of rotatable bonds is 3. The summed E-state index contributed by atoms with van der Waals surface area (Å²) in [5.41, 5.74) is 2.86. The molecular weight excluding hydrogens is 315 g/mol. The number of halogens is 3. The molecule has 0 atom stereocenters. The Morgan fingerprint density at radius 2 is 1.30 bits per heavy atom. The van der Waals surface area contributed by atoms with Gasteiger partial charge in [0.15, 0.2) is 0 Å². The molecule has 3 aromatic rings. The monoisotopic (exact) mass is 324 g/mol. The fourth-order valence-corrected chi connectivity index (χ4v) is 3.39. The lowest BCUT2D eigenvalue weighted by Gasteiger charge is -2.18. The average Bonchev–Trinajstić information content (AvgIpc) is 3.07. The van der Waals surface area contributed by atoms with E-state index in [-0.39, 0.29) is 5.92 Å². The molecule has 1 aromatic carbocycles. The highest BCUT2D eigenvalue weighted by Crippen LogP contribution is 2.40. The van der Waals surface area contributed by atoms with Gasteiger partial charge >= 0.3 is 0 Å². The Kier molecular flexibility index (Phi) is 3.79. The van der Waals surface area contributed by atoms with Gasteiger partial charge < -0.3 is 9.97 Å². The van der Waals surface area contributed by atoms with E-state index in [1.54, 1.807) is 12.1 Å². The van der Waals surface area contributed by atoms with Gasteiger partial charge in [0.25, 0.3) is 0 Å². The largest absolute Gasteiger partial charge is 0.364 e. The van der Waals surface area contributed by atoms with Crippen molar-refractivity contribution in [2.24, 2.45) is 0 Å². The van der Waals surface area contributed by atoms with Crippen LogP contribution in [0.25, 0.3) is 0 Å². The molecule has 0 aliphatic carbocycles. The highest BCUT2D eigenvalue weighted by atomic mass is 35.5. The third-order valence-electron chi connectivity index (χ3n) is 3.20. The average molecular weight is 326 g/mol. The van der Waals surface area contributed by atoms with Crippen molar-refractivity contribution in [2.75, 3.05) is 0 Å². The van der Waals surface area contributed by atoms with Gasteiger partial charge in [-0.1, -0.05) is 34.8 Å². The van der Waals surface area contributed by atoms with Crippen LogP contribution in [0.1, 0.15) is 22.9 Å². The minimum Gasteiger partial charge on any atom is -0.364 e. The van der Waals surface area contributed by atoms with Crippen molar-refractivity contribution in [3.63, 3.8) is 0 Å². The van der Waals surface area contributed by atoms with E-state index in [1.165, 1.54) is 0 Å². The zero-order chi connectivity index (χ0) is 14.1. The lowest BCUT2D eigenvalue weighted by Crippen LogP contribution is -2.06. The van der Waals surface area contributed by atoms with E-state index in [1.807, 2.05) is 36.7 Å². The van der Waals surface area contributed by atoms with Crippen LogP contribution in [-0.2, 0) is 0 Å². The molecule has 5 heteroatoms. The Hall–Kier alpha value is -1.35. The second-order valence-corrected chi connectivity index (χ2v) is 5.72. The lowest BCUT2D eigenvalue weighted by molar-refractivity contribution is 0.898. The Labute approximate surface area is 131 Å². The molecule has 2 nitrogen and oxygen atoms in total. The first-order valence-electron chi connectivity index (χ1n) is 6.08. The Morgan fingerprint density at radius 1 is 0.800 bits per heavy atom. The molecule has 0 spiro atoms. The van der Waals surface area contributed by atoms with Gasteiger partial charge in [-0.15, -0.1) is 0 Å². The number of hydrogen-bond donors (Lipinski definition) is 2. The normalized spacial score (nSPS) is 11.2. The van der Waals surface area contributed by atoms with Crippen molar-refractivity contribution in [1.29, 1.82) is 0 Å². The molecule has 0 aliphatic heterocycles. The van der Waals surface area contributed by atoms with Gasteiger partial charge in [0.2, 0.25) is 0 Å². The topological polar surface area (TPSA) is 31.6 Å².